The number of aromatic amines is 1. The van der Waals surface area contributed by atoms with E-state index in [1.807, 2.05) is 6.92 Å². The van der Waals surface area contributed by atoms with E-state index in [1.165, 1.54) is 10.9 Å². The minimum atomic E-state index is -0.341. The third kappa shape index (κ3) is 2.77. The van der Waals surface area contributed by atoms with Gasteiger partial charge < -0.3 is 5.32 Å². The number of rotatable bonds is 4. The fourth-order valence-corrected chi connectivity index (χ4v) is 1.76. The Morgan fingerprint density at radius 1 is 1.58 bits per heavy atom. The van der Waals surface area contributed by atoms with E-state index in [4.69, 9.17) is 18.0 Å². The number of nitrogens with zero attached hydrogens (tertiary/aromatic N) is 3. The Morgan fingerprint density at radius 2 is 2.37 bits per heavy atom. The highest BCUT2D eigenvalue weighted by atomic mass is 35.5. The Balaban J connectivity index is 2.25. The van der Waals surface area contributed by atoms with Crippen LogP contribution in [-0.4, -0.2) is 20.0 Å². The Morgan fingerprint density at radius 3 is 3.00 bits per heavy atom. The Bertz CT molecular complexity index is 682. The van der Waals surface area contributed by atoms with Crippen molar-refractivity contribution >= 4 is 17.3 Å². The van der Waals surface area contributed by atoms with Crippen LogP contribution in [0.25, 0.3) is 0 Å². The standard InChI is InChI=1S/C12H12ClN5O/c1-3-4-18-12(19)11(10(13)7-16-18)14-5-9-6-15-17-8(9)2/h1,6-7,14H,4-5H2,2H3,(H,15,17). The summed E-state index contributed by atoms with van der Waals surface area (Å²) in [5.41, 5.74) is 1.83. The van der Waals surface area contributed by atoms with E-state index in [0.29, 0.717) is 6.54 Å². The van der Waals surface area contributed by atoms with Gasteiger partial charge >= 0.3 is 0 Å². The molecule has 2 aromatic rings. The lowest BCUT2D eigenvalue weighted by molar-refractivity contribution is 0.664. The zero-order valence-corrected chi connectivity index (χ0v) is 11.0. The van der Waals surface area contributed by atoms with Crippen LogP contribution in [0.2, 0.25) is 5.02 Å². The van der Waals surface area contributed by atoms with Gasteiger partial charge in [0.05, 0.1) is 17.4 Å². The maximum absolute atomic E-state index is 12.1. The van der Waals surface area contributed by atoms with E-state index in [-0.39, 0.29) is 22.8 Å². The van der Waals surface area contributed by atoms with Gasteiger partial charge in [0, 0.05) is 17.8 Å². The van der Waals surface area contributed by atoms with Crippen LogP contribution < -0.4 is 10.9 Å². The first-order valence-electron chi connectivity index (χ1n) is 5.55. The number of H-pyrrole nitrogens is 1. The van der Waals surface area contributed by atoms with Crippen molar-refractivity contribution in [2.45, 2.75) is 20.0 Å². The first-order valence-corrected chi connectivity index (χ1v) is 5.93. The molecule has 19 heavy (non-hydrogen) atoms. The van der Waals surface area contributed by atoms with E-state index >= 15 is 0 Å². The summed E-state index contributed by atoms with van der Waals surface area (Å²) in [4.78, 5) is 12.1. The number of terminal acetylenes is 1. The van der Waals surface area contributed by atoms with Crippen LogP contribution in [0.15, 0.2) is 17.2 Å². The molecule has 0 aliphatic rings. The second kappa shape index (κ2) is 5.59. The molecule has 0 bridgehead atoms. The number of aryl methyl sites for hydroxylation is 1. The van der Waals surface area contributed by atoms with Gasteiger partial charge in [0.15, 0.2) is 0 Å². The average Bonchev–Trinajstić information content (AvgIpc) is 2.79. The summed E-state index contributed by atoms with van der Waals surface area (Å²) >= 11 is 5.97. The molecule has 0 fully saturated rings. The summed E-state index contributed by atoms with van der Waals surface area (Å²) in [5.74, 6) is 2.36. The molecule has 2 N–H and O–H groups in total. The molecule has 0 radical (unpaired) electrons. The molecule has 0 amide bonds. The quantitative estimate of drug-likeness (QED) is 0.823. The summed E-state index contributed by atoms with van der Waals surface area (Å²) in [6, 6.07) is 0. The smallest absolute Gasteiger partial charge is 0.292 e. The molecule has 0 saturated carbocycles. The van der Waals surface area contributed by atoms with Crippen LogP contribution in [0.3, 0.4) is 0 Å². The summed E-state index contributed by atoms with van der Waals surface area (Å²) in [5, 5.41) is 13.8. The molecule has 6 nitrogen and oxygen atoms in total. The predicted molar refractivity (Wildman–Crippen MR) is 73.0 cm³/mol. The summed E-state index contributed by atoms with van der Waals surface area (Å²) in [6.45, 7) is 2.45. The van der Waals surface area contributed by atoms with Gasteiger partial charge in [-0.1, -0.05) is 17.5 Å². The summed E-state index contributed by atoms with van der Waals surface area (Å²) in [7, 11) is 0. The molecule has 0 aliphatic carbocycles. The normalized spacial score (nSPS) is 10.2. The molecular weight excluding hydrogens is 266 g/mol. The maximum atomic E-state index is 12.1. The van der Waals surface area contributed by atoms with Crippen molar-refractivity contribution < 1.29 is 0 Å². The molecule has 98 valence electrons. The summed E-state index contributed by atoms with van der Waals surface area (Å²) in [6.07, 6.45) is 8.26. The number of halogens is 1. The first-order chi connectivity index (χ1) is 9.13. The van der Waals surface area contributed by atoms with E-state index in [2.05, 4.69) is 26.5 Å². The Hall–Kier alpha value is -2.26. The van der Waals surface area contributed by atoms with Crippen LogP contribution >= 0.6 is 11.6 Å². The molecule has 7 heteroatoms. The molecule has 0 aromatic carbocycles. The van der Waals surface area contributed by atoms with Crippen molar-refractivity contribution in [2.75, 3.05) is 5.32 Å². The number of anilines is 1. The molecule has 0 aliphatic heterocycles. The lowest BCUT2D eigenvalue weighted by Gasteiger charge is -2.08. The molecule has 0 spiro atoms. The third-order valence-corrected chi connectivity index (χ3v) is 2.92. The van der Waals surface area contributed by atoms with E-state index in [9.17, 15) is 4.79 Å². The number of hydrogen-bond donors (Lipinski definition) is 2. The van der Waals surface area contributed by atoms with Crippen LogP contribution in [0.5, 0.6) is 0 Å². The highest BCUT2D eigenvalue weighted by molar-refractivity contribution is 6.32. The fraction of sp³-hybridized carbons (Fsp3) is 0.250. The monoisotopic (exact) mass is 277 g/mol. The van der Waals surface area contributed by atoms with Gasteiger partial charge in [-0.25, -0.2) is 4.68 Å². The average molecular weight is 278 g/mol. The zero-order valence-electron chi connectivity index (χ0n) is 10.3. The van der Waals surface area contributed by atoms with E-state index < -0.39 is 0 Å². The van der Waals surface area contributed by atoms with Gasteiger partial charge in [-0.05, 0) is 6.92 Å². The van der Waals surface area contributed by atoms with Crippen LogP contribution in [-0.2, 0) is 13.1 Å². The molecule has 0 atom stereocenters. The maximum Gasteiger partial charge on any atom is 0.292 e. The Labute approximate surface area is 114 Å². The van der Waals surface area contributed by atoms with Crippen molar-refractivity contribution in [3.05, 3.63) is 39.0 Å². The van der Waals surface area contributed by atoms with Crippen molar-refractivity contribution in [1.29, 1.82) is 0 Å². The Kier molecular flexibility index (Phi) is 3.88. The molecule has 2 rings (SSSR count). The van der Waals surface area contributed by atoms with Gasteiger partial charge in [-0.2, -0.15) is 10.2 Å². The second-order valence-electron chi connectivity index (χ2n) is 3.91. The number of aromatic nitrogens is 4. The van der Waals surface area contributed by atoms with Crippen LogP contribution in [0.1, 0.15) is 11.3 Å². The molecule has 2 heterocycles. The topological polar surface area (TPSA) is 75.6 Å². The van der Waals surface area contributed by atoms with Gasteiger partial charge in [0.2, 0.25) is 0 Å². The van der Waals surface area contributed by atoms with E-state index in [1.54, 1.807) is 6.20 Å². The summed E-state index contributed by atoms with van der Waals surface area (Å²) < 4.78 is 1.18. The zero-order chi connectivity index (χ0) is 13.8. The number of nitrogens with one attached hydrogen (secondary N) is 2. The second-order valence-corrected chi connectivity index (χ2v) is 4.32. The van der Waals surface area contributed by atoms with Crippen LogP contribution in [0, 0.1) is 19.3 Å². The molecule has 2 aromatic heterocycles. The number of hydrogen-bond acceptors (Lipinski definition) is 4. The van der Waals surface area contributed by atoms with Gasteiger partial charge in [0.25, 0.3) is 5.56 Å². The minimum absolute atomic E-state index is 0.107. The van der Waals surface area contributed by atoms with Crippen LogP contribution in [0.4, 0.5) is 5.69 Å². The minimum Gasteiger partial charge on any atom is -0.375 e. The van der Waals surface area contributed by atoms with Gasteiger partial charge in [-0.15, -0.1) is 6.42 Å². The van der Waals surface area contributed by atoms with Crippen molar-refractivity contribution in [3.8, 4) is 12.3 Å². The fourth-order valence-electron chi connectivity index (χ4n) is 1.57. The lowest BCUT2D eigenvalue weighted by atomic mass is 10.2. The first kappa shape index (κ1) is 13.2. The predicted octanol–water partition coefficient (Wildman–Crippen LogP) is 1.17. The van der Waals surface area contributed by atoms with Gasteiger partial charge in [-0.3, -0.25) is 9.89 Å². The highest BCUT2D eigenvalue weighted by Crippen LogP contribution is 2.16. The highest BCUT2D eigenvalue weighted by Gasteiger charge is 2.10. The molecule has 0 saturated heterocycles. The molecular formula is C12H12ClN5O. The van der Waals surface area contributed by atoms with Crippen molar-refractivity contribution in [3.63, 3.8) is 0 Å². The largest absolute Gasteiger partial charge is 0.375 e. The van der Waals surface area contributed by atoms with E-state index in [0.717, 1.165) is 11.3 Å². The van der Waals surface area contributed by atoms with Gasteiger partial charge in [0.1, 0.15) is 12.2 Å². The van der Waals surface area contributed by atoms with Crippen molar-refractivity contribution in [2.24, 2.45) is 0 Å². The van der Waals surface area contributed by atoms with Crippen molar-refractivity contribution in [1.82, 2.24) is 20.0 Å². The lowest BCUT2D eigenvalue weighted by Crippen LogP contribution is -2.25. The third-order valence-electron chi connectivity index (χ3n) is 2.63. The molecule has 0 unspecified atom stereocenters. The SMILES string of the molecule is C#CCn1ncc(Cl)c(NCc2cn[nH]c2C)c1=O.